The van der Waals surface area contributed by atoms with E-state index < -0.39 is 0 Å². The molecular weight excluding hydrogens is 334 g/mol. The molecule has 110 valence electrons. The average Bonchev–Trinajstić information content (AvgIpc) is 2.48. The van der Waals surface area contributed by atoms with Gasteiger partial charge in [-0.3, -0.25) is 4.79 Å². The molecular formula is C16H16BrNO3. The summed E-state index contributed by atoms with van der Waals surface area (Å²) in [5.41, 5.74) is 8.19. The molecule has 0 heterocycles. The van der Waals surface area contributed by atoms with Crippen LogP contribution in [0.25, 0.3) is 0 Å². The van der Waals surface area contributed by atoms with E-state index in [-0.39, 0.29) is 5.78 Å². The minimum absolute atomic E-state index is 0.196. The van der Waals surface area contributed by atoms with Gasteiger partial charge in [-0.15, -0.1) is 0 Å². The number of nitrogen functional groups attached to an aromatic ring is 1. The Morgan fingerprint density at radius 3 is 2.33 bits per heavy atom. The predicted octanol–water partition coefficient (Wildman–Crippen LogP) is 3.59. The van der Waals surface area contributed by atoms with Gasteiger partial charge in [0.05, 0.1) is 24.3 Å². The number of nitrogens with two attached hydrogens (primary N) is 1. The van der Waals surface area contributed by atoms with E-state index in [4.69, 9.17) is 15.2 Å². The number of carbonyl (C=O) groups is 1. The molecule has 0 amide bonds. The van der Waals surface area contributed by atoms with E-state index in [9.17, 15) is 4.79 Å². The van der Waals surface area contributed by atoms with Crippen molar-refractivity contribution in [3.05, 3.63) is 51.5 Å². The van der Waals surface area contributed by atoms with Crippen LogP contribution in [0.15, 0.2) is 34.8 Å². The van der Waals surface area contributed by atoms with Crippen molar-refractivity contribution in [2.24, 2.45) is 0 Å². The third-order valence-electron chi connectivity index (χ3n) is 3.17. The first-order chi connectivity index (χ1) is 9.97. The molecule has 0 spiro atoms. The lowest BCUT2D eigenvalue weighted by Crippen LogP contribution is -2.08. The van der Waals surface area contributed by atoms with Gasteiger partial charge in [-0.2, -0.15) is 0 Å². The molecule has 0 radical (unpaired) electrons. The number of aryl methyl sites for hydroxylation is 1. The van der Waals surface area contributed by atoms with Crippen LogP contribution in [0, 0.1) is 6.92 Å². The second kappa shape index (κ2) is 6.18. The first-order valence-corrected chi connectivity index (χ1v) is 7.09. The van der Waals surface area contributed by atoms with Crippen molar-refractivity contribution in [2.45, 2.75) is 6.92 Å². The number of methoxy groups -OCH3 is 2. The number of carbonyl (C=O) groups excluding carboxylic acids is 1. The smallest absolute Gasteiger partial charge is 0.198 e. The van der Waals surface area contributed by atoms with Gasteiger partial charge in [0, 0.05) is 11.3 Å². The highest BCUT2D eigenvalue weighted by Gasteiger charge is 2.19. The van der Waals surface area contributed by atoms with E-state index in [0.717, 1.165) is 10.0 Å². The molecule has 0 aliphatic heterocycles. The second-order valence-electron chi connectivity index (χ2n) is 4.61. The highest BCUT2D eigenvalue weighted by atomic mass is 79.9. The van der Waals surface area contributed by atoms with Crippen LogP contribution < -0.4 is 15.2 Å². The number of anilines is 1. The summed E-state index contributed by atoms with van der Waals surface area (Å²) >= 11 is 3.37. The number of ether oxygens (including phenoxy) is 2. The summed E-state index contributed by atoms with van der Waals surface area (Å²) in [6.45, 7) is 1.91. The zero-order chi connectivity index (χ0) is 15.6. The number of halogens is 1. The summed E-state index contributed by atoms with van der Waals surface area (Å²) in [5, 5.41) is 0. The van der Waals surface area contributed by atoms with Gasteiger partial charge in [-0.25, -0.2) is 0 Å². The number of hydrogen-bond donors (Lipinski definition) is 1. The summed E-state index contributed by atoms with van der Waals surface area (Å²) < 4.78 is 11.2. The van der Waals surface area contributed by atoms with Gasteiger partial charge in [-0.05, 0) is 47.1 Å². The number of ketones is 1. The van der Waals surface area contributed by atoms with Gasteiger partial charge in [0.15, 0.2) is 5.78 Å². The highest BCUT2D eigenvalue weighted by molar-refractivity contribution is 9.10. The lowest BCUT2D eigenvalue weighted by atomic mass is 9.99. The van der Waals surface area contributed by atoms with E-state index in [2.05, 4.69) is 15.9 Å². The molecule has 0 saturated heterocycles. The van der Waals surface area contributed by atoms with Gasteiger partial charge < -0.3 is 15.2 Å². The molecule has 0 aliphatic rings. The molecule has 0 atom stereocenters. The first kappa shape index (κ1) is 15.4. The lowest BCUT2D eigenvalue weighted by molar-refractivity contribution is 0.103. The summed E-state index contributed by atoms with van der Waals surface area (Å²) in [7, 11) is 3.06. The standard InChI is InChI=1S/C16H16BrNO3/c1-9-4-5-13(18)10(6-9)16(19)11-7-15(21-3)12(17)8-14(11)20-2/h4-8H,18H2,1-3H3. The topological polar surface area (TPSA) is 61.5 Å². The zero-order valence-electron chi connectivity index (χ0n) is 12.1. The van der Waals surface area contributed by atoms with Crippen molar-refractivity contribution in [1.82, 2.24) is 0 Å². The van der Waals surface area contributed by atoms with E-state index in [1.807, 2.05) is 13.0 Å². The monoisotopic (exact) mass is 349 g/mol. The fourth-order valence-corrected chi connectivity index (χ4v) is 2.53. The number of benzene rings is 2. The van der Waals surface area contributed by atoms with Crippen molar-refractivity contribution in [3.63, 3.8) is 0 Å². The quantitative estimate of drug-likeness (QED) is 0.676. The second-order valence-corrected chi connectivity index (χ2v) is 5.46. The van der Waals surface area contributed by atoms with Gasteiger partial charge in [0.2, 0.25) is 0 Å². The lowest BCUT2D eigenvalue weighted by Gasteiger charge is -2.13. The van der Waals surface area contributed by atoms with Crippen LogP contribution in [-0.4, -0.2) is 20.0 Å². The summed E-state index contributed by atoms with van der Waals surface area (Å²) in [4.78, 5) is 12.7. The van der Waals surface area contributed by atoms with Crippen LogP contribution in [0.3, 0.4) is 0 Å². The van der Waals surface area contributed by atoms with Crippen LogP contribution in [0.5, 0.6) is 11.5 Å². The van der Waals surface area contributed by atoms with Crippen molar-refractivity contribution in [3.8, 4) is 11.5 Å². The van der Waals surface area contributed by atoms with E-state index in [1.165, 1.54) is 7.11 Å². The molecule has 0 aliphatic carbocycles. The maximum Gasteiger partial charge on any atom is 0.198 e. The van der Waals surface area contributed by atoms with Crippen LogP contribution in [-0.2, 0) is 0 Å². The fraction of sp³-hybridized carbons (Fsp3) is 0.188. The molecule has 0 aromatic heterocycles. The molecule has 5 heteroatoms. The molecule has 0 unspecified atom stereocenters. The van der Waals surface area contributed by atoms with Crippen molar-refractivity contribution < 1.29 is 14.3 Å². The molecule has 21 heavy (non-hydrogen) atoms. The Labute approximate surface area is 132 Å². The molecule has 2 N–H and O–H groups in total. The van der Waals surface area contributed by atoms with E-state index >= 15 is 0 Å². The van der Waals surface area contributed by atoms with E-state index in [0.29, 0.717) is 28.3 Å². The Morgan fingerprint density at radius 2 is 1.71 bits per heavy atom. The predicted molar refractivity (Wildman–Crippen MR) is 86.3 cm³/mol. The highest BCUT2D eigenvalue weighted by Crippen LogP contribution is 2.34. The normalized spacial score (nSPS) is 10.3. The van der Waals surface area contributed by atoms with Gasteiger partial charge >= 0.3 is 0 Å². The third kappa shape index (κ3) is 3.03. The average molecular weight is 350 g/mol. The van der Waals surface area contributed by atoms with Crippen molar-refractivity contribution in [1.29, 1.82) is 0 Å². The summed E-state index contributed by atoms with van der Waals surface area (Å²) in [5.74, 6) is 0.831. The largest absolute Gasteiger partial charge is 0.496 e. The number of rotatable bonds is 4. The number of hydrogen-bond acceptors (Lipinski definition) is 4. The zero-order valence-corrected chi connectivity index (χ0v) is 13.7. The van der Waals surface area contributed by atoms with E-state index in [1.54, 1.807) is 31.4 Å². The minimum Gasteiger partial charge on any atom is -0.496 e. The Balaban J connectivity index is 2.59. The molecule has 2 rings (SSSR count). The van der Waals surface area contributed by atoms with Crippen LogP contribution in [0.2, 0.25) is 0 Å². The first-order valence-electron chi connectivity index (χ1n) is 6.30. The maximum absolute atomic E-state index is 12.7. The molecule has 0 bridgehead atoms. The van der Waals surface area contributed by atoms with Crippen LogP contribution in [0.4, 0.5) is 5.69 Å². The summed E-state index contributed by atoms with van der Waals surface area (Å²) in [6.07, 6.45) is 0. The Hall–Kier alpha value is -2.01. The molecule has 4 nitrogen and oxygen atoms in total. The summed E-state index contributed by atoms with van der Waals surface area (Å²) in [6, 6.07) is 8.72. The Bertz CT molecular complexity index is 698. The van der Waals surface area contributed by atoms with Crippen LogP contribution >= 0.6 is 15.9 Å². The minimum atomic E-state index is -0.196. The molecule has 2 aromatic rings. The molecule has 0 saturated carbocycles. The van der Waals surface area contributed by atoms with Crippen LogP contribution in [0.1, 0.15) is 21.5 Å². The Morgan fingerprint density at radius 1 is 1.05 bits per heavy atom. The van der Waals surface area contributed by atoms with Crippen molar-refractivity contribution >= 4 is 27.4 Å². The van der Waals surface area contributed by atoms with Gasteiger partial charge in [0.25, 0.3) is 0 Å². The molecule has 0 fully saturated rings. The third-order valence-corrected chi connectivity index (χ3v) is 3.79. The maximum atomic E-state index is 12.7. The van der Waals surface area contributed by atoms with Gasteiger partial charge in [0.1, 0.15) is 11.5 Å². The van der Waals surface area contributed by atoms with Gasteiger partial charge in [-0.1, -0.05) is 11.6 Å². The van der Waals surface area contributed by atoms with Crippen molar-refractivity contribution in [2.75, 3.05) is 20.0 Å². The fourth-order valence-electron chi connectivity index (χ4n) is 2.05. The Kier molecular flexibility index (Phi) is 4.53. The molecule has 2 aromatic carbocycles. The SMILES string of the molecule is COc1cc(C(=O)c2cc(C)ccc2N)c(OC)cc1Br.